The topological polar surface area (TPSA) is 82.5 Å². The zero-order valence-electron chi connectivity index (χ0n) is 9.50. The van der Waals surface area contributed by atoms with Crippen molar-refractivity contribution in [2.75, 3.05) is 5.73 Å². The quantitative estimate of drug-likeness (QED) is 0.674. The monoisotopic (exact) mass is 260 g/mol. The van der Waals surface area contributed by atoms with Crippen molar-refractivity contribution >= 4 is 28.3 Å². The first-order valence-electron chi connectivity index (χ1n) is 5.27. The number of anilines is 1. The van der Waals surface area contributed by atoms with E-state index in [9.17, 15) is 0 Å². The Morgan fingerprint density at radius 2 is 2.00 bits per heavy atom. The summed E-state index contributed by atoms with van der Waals surface area (Å²) >= 11 is 5.85. The molecule has 18 heavy (non-hydrogen) atoms. The predicted octanol–water partition coefficient (Wildman–Crippen LogP) is 1.75. The van der Waals surface area contributed by atoms with Gasteiger partial charge in [0.15, 0.2) is 5.82 Å². The molecule has 0 amide bonds. The number of nitrogens with two attached hydrogens (primary N) is 1. The van der Waals surface area contributed by atoms with Crippen molar-refractivity contribution in [3.8, 4) is 5.82 Å². The number of hydrogen-bond donors (Lipinski definition) is 1. The molecule has 0 atom stereocenters. The predicted molar refractivity (Wildman–Crippen MR) is 68.6 cm³/mol. The Labute approximate surface area is 107 Å². The third-order valence-corrected chi connectivity index (χ3v) is 2.81. The molecule has 0 radical (unpaired) electrons. The minimum Gasteiger partial charge on any atom is -0.394 e. The summed E-state index contributed by atoms with van der Waals surface area (Å²) in [6.45, 7) is 1.77. The summed E-state index contributed by atoms with van der Waals surface area (Å²) in [6, 6.07) is 7.54. The molecule has 6 nitrogen and oxygen atoms in total. The third kappa shape index (κ3) is 1.58. The van der Waals surface area contributed by atoms with Gasteiger partial charge >= 0.3 is 0 Å². The summed E-state index contributed by atoms with van der Waals surface area (Å²) < 4.78 is 1.56. The van der Waals surface area contributed by atoms with Crippen molar-refractivity contribution in [1.82, 2.24) is 25.0 Å². The Balaban J connectivity index is 2.33. The molecule has 0 unspecified atom stereocenters. The van der Waals surface area contributed by atoms with Crippen LogP contribution in [0.2, 0.25) is 5.28 Å². The molecule has 0 aliphatic rings. The van der Waals surface area contributed by atoms with E-state index in [2.05, 4.69) is 20.3 Å². The van der Waals surface area contributed by atoms with Crippen LogP contribution in [0.15, 0.2) is 24.3 Å². The minimum atomic E-state index is 0.135. The molecule has 0 spiro atoms. The van der Waals surface area contributed by atoms with Gasteiger partial charge in [-0.2, -0.15) is 9.67 Å². The van der Waals surface area contributed by atoms with E-state index < -0.39 is 0 Å². The maximum atomic E-state index is 5.96. The zero-order valence-corrected chi connectivity index (χ0v) is 10.3. The largest absolute Gasteiger partial charge is 0.394 e. The number of rotatable bonds is 1. The van der Waals surface area contributed by atoms with Crippen LogP contribution in [-0.4, -0.2) is 25.0 Å². The molecule has 3 rings (SSSR count). The normalized spacial score (nSPS) is 11.0. The second kappa shape index (κ2) is 3.92. The molecular weight excluding hydrogens is 252 g/mol. The van der Waals surface area contributed by atoms with Gasteiger partial charge in [0.25, 0.3) is 0 Å². The zero-order chi connectivity index (χ0) is 12.7. The Morgan fingerprint density at radius 3 is 2.83 bits per heavy atom. The fourth-order valence-corrected chi connectivity index (χ4v) is 1.93. The molecule has 2 heterocycles. The molecule has 0 aliphatic carbocycles. The van der Waals surface area contributed by atoms with Crippen molar-refractivity contribution < 1.29 is 0 Å². The van der Waals surface area contributed by atoms with E-state index in [0.717, 1.165) is 11.0 Å². The van der Waals surface area contributed by atoms with Gasteiger partial charge in [0.1, 0.15) is 5.52 Å². The minimum absolute atomic E-state index is 0.135. The number of benzene rings is 1. The van der Waals surface area contributed by atoms with Crippen LogP contribution in [-0.2, 0) is 0 Å². The number of hydrogen-bond acceptors (Lipinski definition) is 5. The van der Waals surface area contributed by atoms with Gasteiger partial charge in [0, 0.05) is 0 Å². The number of aromatic nitrogens is 5. The summed E-state index contributed by atoms with van der Waals surface area (Å²) in [4.78, 5) is 8.11. The number of nitrogen functional groups attached to an aromatic ring is 1. The van der Waals surface area contributed by atoms with Crippen LogP contribution in [0.3, 0.4) is 0 Å². The van der Waals surface area contributed by atoms with Crippen molar-refractivity contribution in [2.45, 2.75) is 6.92 Å². The average molecular weight is 261 g/mol. The van der Waals surface area contributed by atoms with E-state index in [1.165, 1.54) is 0 Å². The van der Waals surface area contributed by atoms with E-state index in [1.54, 1.807) is 11.6 Å². The first-order valence-corrected chi connectivity index (χ1v) is 5.65. The number of halogens is 1. The van der Waals surface area contributed by atoms with Crippen molar-refractivity contribution in [3.63, 3.8) is 0 Å². The Bertz CT molecular complexity index is 735. The van der Waals surface area contributed by atoms with E-state index in [4.69, 9.17) is 17.3 Å². The molecule has 0 fully saturated rings. The molecular formula is C11H9ClN6. The highest BCUT2D eigenvalue weighted by atomic mass is 35.5. The van der Waals surface area contributed by atoms with Gasteiger partial charge in [-0.1, -0.05) is 17.3 Å². The first kappa shape index (κ1) is 10.9. The lowest BCUT2D eigenvalue weighted by Crippen LogP contribution is -2.08. The summed E-state index contributed by atoms with van der Waals surface area (Å²) in [5.41, 5.74) is 8.60. The average Bonchev–Trinajstić information content (AvgIpc) is 2.77. The van der Waals surface area contributed by atoms with Gasteiger partial charge < -0.3 is 5.73 Å². The molecule has 0 saturated carbocycles. The van der Waals surface area contributed by atoms with Crippen LogP contribution in [0, 0.1) is 6.92 Å². The molecule has 2 aromatic heterocycles. The molecule has 0 saturated heterocycles. The van der Waals surface area contributed by atoms with Crippen LogP contribution in [0.5, 0.6) is 0 Å². The van der Waals surface area contributed by atoms with Gasteiger partial charge in [0.2, 0.25) is 5.28 Å². The summed E-state index contributed by atoms with van der Waals surface area (Å²) in [5.74, 6) is 0.446. The van der Waals surface area contributed by atoms with Crippen LogP contribution < -0.4 is 5.73 Å². The second-order valence-corrected chi connectivity index (χ2v) is 4.14. The maximum absolute atomic E-state index is 5.96. The summed E-state index contributed by atoms with van der Waals surface area (Å²) in [7, 11) is 0. The smallest absolute Gasteiger partial charge is 0.224 e. The highest BCUT2D eigenvalue weighted by Crippen LogP contribution is 2.22. The number of para-hydroxylation sites is 1. The summed E-state index contributed by atoms with van der Waals surface area (Å²) in [6.07, 6.45) is 0. The Kier molecular flexibility index (Phi) is 2.38. The lowest BCUT2D eigenvalue weighted by Gasteiger charge is -2.07. The van der Waals surface area contributed by atoms with Gasteiger partial charge in [0.05, 0.1) is 16.9 Å². The summed E-state index contributed by atoms with van der Waals surface area (Å²) in [5, 5.41) is 8.23. The second-order valence-electron chi connectivity index (χ2n) is 3.81. The van der Waals surface area contributed by atoms with E-state index in [0.29, 0.717) is 17.2 Å². The molecule has 0 bridgehead atoms. The SMILES string of the molecule is Cc1nc(Cl)nc(-n2nnc3ccccc32)c1N. The molecule has 0 aliphatic heterocycles. The molecule has 90 valence electrons. The lowest BCUT2D eigenvalue weighted by molar-refractivity contribution is 0.797. The van der Waals surface area contributed by atoms with Crippen LogP contribution in [0.1, 0.15) is 5.69 Å². The Hall–Kier alpha value is -2.21. The number of aryl methyl sites for hydroxylation is 1. The van der Waals surface area contributed by atoms with Gasteiger partial charge in [-0.3, -0.25) is 0 Å². The fraction of sp³-hybridized carbons (Fsp3) is 0.0909. The molecule has 3 aromatic rings. The van der Waals surface area contributed by atoms with Crippen LogP contribution in [0.4, 0.5) is 5.69 Å². The lowest BCUT2D eigenvalue weighted by atomic mass is 10.3. The highest BCUT2D eigenvalue weighted by molar-refractivity contribution is 6.28. The van der Waals surface area contributed by atoms with Crippen molar-refractivity contribution in [2.24, 2.45) is 0 Å². The van der Waals surface area contributed by atoms with Gasteiger partial charge in [-0.25, -0.2) is 4.98 Å². The van der Waals surface area contributed by atoms with Gasteiger partial charge in [-0.05, 0) is 30.7 Å². The van der Waals surface area contributed by atoms with Gasteiger partial charge in [-0.15, -0.1) is 5.10 Å². The molecule has 1 aromatic carbocycles. The maximum Gasteiger partial charge on any atom is 0.224 e. The molecule has 7 heteroatoms. The Morgan fingerprint density at radius 1 is 1.22 bits per heavy atom. The van der Waals surface area contributed by atoms with Crippen molar-refractivity contribution in [3.05, 3.63) is 35.2 Å². The van der Waals surface area contributed by atoms with Crippen LogP contribution in [0.25, 0.3) is 16.9 Å². The standard InChI is InChI=1S/C11H9ClN6/c1-6-9(13)10(15-11(12)14-6)18-8-5-3-2-4-7(8)16-17-18/h2-5H,13H2,1H3. The van der Waals surface area contributed by atoms with Crippen molar-refractivity contribution in [1.29, 1.82) is 0 Å². The number of nitrogens with zero attached hydrogens (tertiary/aromatic N) is 5. The highest BCUT2D eigenvalue weighted by Gasteiger charge is 2.13. The number of fused-ring (bicyclic) bond motifs is 1. The van der Waals surface area contributed by atoms with E-state index in [-0.39, 0.29) is 5.28 Å². The molecule has 2 N–H and O–H groups in total. The van der Waals surface area contributed by atoms with E-state index >= 15 is 0 Å². The fourth-order valence-electron chi connectivity index (χ4n) is 1.72. The first-order chi connectivity index (χ1) is 8.66. The third-order valence-electron chi connectivity index (χ3n) is 2.64. The van der Waals surface area contributed by atoms with Crippen LogP contribution >= 0.6 is 11.6 Å². The van der Waals surface area contributed by atoms with E-state index in [1.807, 2.05) is 24.3 Å².